The number of hydrogen-bond acceptors (Lipinski definition) is 3. The molecule has 1 rings (SSSR count). The van der Waals surface area contributed by atoms with Crippen LogP contribution in [0.4, 0.5) is 0 Å². The monoisotopic (exact) mass is 199 g/mol. The Morgan fingerprint density at radius 1 is 1.36 bits per heavy atom. The van der Waals surface area contributed by atoms with Crippen molar-refractivity contribution in [3.8, 4) is 0 Å². The van der Waals surface area contributed by atoms with Crippen LogP contribution in [0.25, 0.3) is 0 Å². The molecule has 4 nitrogen and oxygen atoms in total. The fraction of sp³-hybridized carbons (Fsp3) is 0.900. The zero-order valence-corrected chi connectivity index (χ0v) is 9.18. The Bertz CT molecular complexity index is 180. The third-order valence-corrected chi connectivity index (χ3v) is 2.49. The summed E-state index contributed by atoms with van der Waals surface area (Å²) in [4.78, 5) is 12.9. The number of likely N-dealkylation sites (N-methyl/N-ethyl adjacent to an activating group) is 1. The van der Waals surface area contributed by atoms with Crippen LogP contribution < -0.4 is 10.6 Å². The van der Waals surface area contributed by atoms with Crippen molar-refractivity contribution in [2.75, 3.05) is 33.2 Å². The summed E-state index contributed by atoms with van der Waals surface area (Å²) >= 11 is 0. The summed E-state index contributed by atoms with van der Waals surface area (Å²) in [5.41, 5.74) is 0. The van der Waals surface area contributed by atoms with Crippen molar-refractivity contribution in [1.29, 1.82) is 0 Å². The number of nitrogens with one attached hydrogen (secondary N) is 2. The van der Waals surface area contributed by atoms with Crippen LogP contribution in [-0.2, 0) is 4.79 Å². The van der Waals surface area contributed by atoms with Crippen LogP contribution >= 0.6 is 0 Å². The quantitative estimate of drug-likeness (QED) is 0.558. The van der Waals surface area contributed by atoms with E-state index in [1.807, 2.05) is 0 Å². The van der Waals surface area contributed by atoms with E-state index in [0.717, 1.165) is 32.2 Å². The van der Waals surface area contributed by atoms with Crippen LogP contribution in [0.2, 0.25) is 0 Å². The highest BCUT2D eigenvalue weighted by molar-refractivity contribution is 5.72. The summed E-state index contributed by atoms with van der Waals surface area (Å²) in [6.07, 6.45) is 2.73. The van der Waals surface area contributed by atoms with Crippen molar-refractivity contribution in [2.24, 2.45) is 0 Å². The second-order valence-corrected chi connectivity index (χ2v) is 3.94. The normalized spacial score (nSPS) is 15.9. The largest absolute Gasteiger partial charge is 0.355 e. The summed E-state index contributed by atoms with van der Waals surface area (Å²) in [5.74, 6) is 0.0434. The van der Waals surface area contributed by atoms with E-state index in [1.54, 1.807) is 6.92 Å². The van der Waals surface area contributed by atoms with Crippen LogP contribution in [0, 0.1) is 0 Å². The molecule has 0 saturated heterocycles. The van der Waals surface area contributed by atoms with Gasteiger partial charge in [0.2, 0.25) is 5.91 Å². The van der Waals surface area contributed by atoms with Crippen molar-refractivity contribution < 1.29 is 4.79 Å². The first-order valence-corrected chi connectivity index (χ1v) is 5.35. The number of carbonyl (C=O) groups is 1. The maximum Gasteiger partial charge on any atom is 0.216 e. The topological polar surface area (TPSA) is 44.4 Å². The zero-order chi connectivity index (χ0) is 10.4. The van der Waals surface area contributed by atoms with Gasteiger partial charge in [-0.15, -0.1) is 0 Å². The molecule has 4 heteroatoms. The molecule has 1 fully saturated rings. The molecule has 0 aromatic rings. The average Bonchev–Trinajstić information content (AvgIpc) is 2.92. The average molecular weight is 199 g/mol. The van der Waals surface area contributed by atoms with Crippen molar-refractivity contribution in [3.05, 3.63) is 0 Å². The lowest BCUT2D eigenvalue weighted by Gasteiger charge is -2.15. The molecule has 2 N–H and O–H groups in total. The van der Waals surface area contributed by atoms with E-state index < -0.39 is 0 Å². The second-order valence-electron chi connectivity index (χ2n) is 3.94. The molecule has 0 aromatic heterocycles. The molecule has 14 heavy (non-hydrogen) atoms. The van der Waals surface area contributed by atoms with Gasteiger partial charge in [0.15, 0.2) is 0 Å². The van der Waals surface area contributed by atoms with Crippen molar-refractivity contribution >= 4 is 5.91 Å². The molecule has 1 aliphatic carbocycles. The summed E-state index contributed by atoms with van der Waals surface area (Å²) in [6, 6.07) is 0.840. The van der Waals surface area contributed by atoms with Crippen LogP contribution in [0.3, 0.4) is 0 Å². The van der Waals surface area contributed by atoms with Gasteiger partial charge < -0.3 is 15.5 Å². The Morgan fingerprint density at radius 3 is 2.64 bits per heavy atom. The lowest BCUT2D eigenvalue weighted by molar-refractivity contribution is -0.118. The van der Waals surface area contributed by atoms with Gasteiger partial charge in [0.25, 0.3) is 0 Å². The van der Waals surface area contributed by atoms with Crippen LogP contribution in [0.1, 0.15) is 19.8 Å². The minimum atomic E-state index is 0.0434. The fourth-order valence-electron chi connectivity index (χ4n) is 1.41. The molecule has 0 spiro atoms. The predicted octanol–water partition coefficient (Wildman–Crippen LogP) is -0.194. The van der Waals surface area contributed by atoms with E-state index in [2.05, 4.69) is 22.6 Å². The molecule has 1 aliphatic rings. The van der Waals surface area contributed by atoms with Gasteiger partial charge in [-0.05, 0) is 19.9 Å². The van der Waals surface area contributed by atoms with E-state index in [9.17, 15) is 4.79 Å². The standard InChI is InChI=1S/C10H21N3O/c1-9(14)12-6-5-11-7-8-13(2)10-3-4-10/h10-11H,3-8H2,1-2H3,(H,12,14). The molecule has 0 atom stereocenters. The zero-order valence-electron chi connectivity index (χ0n) is 9.18. The number of carbonyl (C=O) groups excluding carboxylic acids is 1. The fourth-order valence-corrected chi connectivity index (χ4v) is 1.41. The first-order chi connectivity index (χ1) is 6.70. The van der Waals surface area contributed by atoms with E-state index in [0.29, 0.717) is 0 Å². The van der Waals surface area contributed by atoms with Crippen molar-refractivity contribution in [3.63, 3.8) is 0 Å². The summed E-state index contributed by atoms with van der Waals surface area (Å²) in [7, 11) is 2.17. The maximum absolute atomic E-state index is 10.5. The van der Waals surface area contributed by atoms with Crippen molar-refractivity contribution in [2.45, 2.75) is 25.8 Å². The molecule has 0 unspecified atom stereocenters. The highest BCUT2D eigenvalue weighted by atomic mass is 16.1. The molecule has 0 bridgehead atoms. The Labute approximate surface area is 86.0 Å². The molecule has 0 radical (unpaired) electrons. The van der Waals surface area contributed by atoms with Gasteiger partial charge >= 0.3 is 0 Å². The highest BCUT2D eigenvalue weighted by Gasteiger charge is 2.25. The molecule has 1 saturated carbocycles. The Kier molecular flexibility index (Phi) is 4.90. The molecule has 82 valence electrons. The van der Waals surface area contributed by atoms with Gasteiger partial charge in [0.1, 0.15) is 0 Å². The molecular formula is C10H21N3O. The number of rotatable bonds is 7. The Morgan fingerprint density at radius 2 is 2.07 bits per heavy atom. The third kappa shape index (κ3) is 5.19. The van der Waals surface area contributed by atoms with E-state index >= 15 is 0 Å². The van der Waals surface area contributed by atoms with E-state index in [4.69, 9.17) is 0 Å². The lowest BCUT2D eigenvalue weighted by Crippen LogP contribution is -2.35. The SMILES string of the molecule is CC(=O)NCCNCCN(C)C1CC1. The van der Waals surface area contributed by atoms with Gasteiger partial charge in [0, 0.05) is 39.1 Å². The lowest BCUT2D eigenvalue weighted by atomic mass is 10.5. The van der Waals surface area contributed by atoms with Gasteiger partial charge in [-0.2, -0.15) is 0 Å². The summed E-state index contributed by atoms with van der Waals surface area (Å²) in [5, 5.41) is 6.05. The summed E-state index contributed by atoms with van der Waals surface area (Å²) < 4.78 is 0. The van der Waals surface area contributed by atoms with Crippen molar-refractivity contribution in [1.82, 2.24) is 15.5 Å². The van der Waals surface area contributed by atoms with Crippen LogP contribution in [0.5, 0.6) is 0 Å². The molecule has 0 aliphatic heterocycles. The molecule has 0 aromatic carbocycles. The van der Waals surface area contributed by atoms with Gasteiger partial charge in [0.05, 0.1) is 0 Å². The van der Waals surface area contributed by atoms with Gasteiger partial charge in [-0.3, -0.25) is 4.79 Å². The molecule has 1 amide bonds. The molecule has 0 heterocycles. The van der Waals surface area contributed by atoms with Crippen LogP contribution in [-0.4, -0.2) is 50.1 Å². The number of nitrogens with zero attached hydrogens (tertiary/aromatic N) is 1. The van der Waals surface area contributed by atoms with E-state index in [-0.39, 0.29) is 5.91 Å². The van der Waals surface area contributed by atoms with Gasteiger partial charge in [-0.25, -0.2) is 0 Å². The van der Waals surface area contributed by atoms with Gasteiger partial charge in [-0.1, -0.05) is 0 Å². The van der Waals surface area contributed by atoms with E-state index in [1.165, 1.54) is 12.8 Å². The predicted molar refractivity (Wildman–Crippen MR) is 57.2 cm³/mol. The first-order valence-electron chi connectivity index (χ1n) is 5.35. The summed E-state index contributed by atoms with van der Waals surface area (Å²) in [6.45, 7) is 5.23. The highest BCUT2D eigenvalue weighted by Crippen LogP contribution is 2.24. The minimum absolute atomic E-state index is 0.0434. The number of hydrogen-bond donors (Lipinski definition) is 2. The second kappa shape index (κ2) is 5.98. The smallest absolute Gasteiger partial charge is 0.216 e. The maximum atomic E-state index is 10.5. The van der Waals surface area contributed by atoms with Crippen LogP contribution in [0.15, 0.2) is 0 Å². The number of amides is 1. The minimum Gasteiger partial charge on any atom is -0.355 e. The first kappa shape index (κ1) is 11.5. The Balaban J connectivity index is 1.81. The Hall–Kier alpha value is -0.610. The molecular weight excluding hydrogens is 178 g/mol. The third-order valence-electron chi connectivity index (χ3n) is 2.49.